The molecule has 230 valence electrons. The third kappa shape index (κ3) is 8.71. The monoisotopic (exact) mass is 695 g/mol. The fourth-order valence-corrected chi connectivity index (χ4v) is 6.71. The zero-order valence-corrected chi connectivity index (χ0v) is 27.9. The highest BCUT2D eigenvalue weighted by molar-refractivity contribution is 9.10. The summed E-state index contributed by atoms with van der Waals surface area (Å²) in [5.41, 5.74) is 1.20. The third-order valence-corrected chi connectivity index (χ3v) is 9.42. The van der Waals surface area contributed by atoms with E-state index in [4.69, 9.17) is 11.6 Å². The van der Waals surface area contributed by atoms with Crippen LogP contribution in [-0.4, -0.2) is 43.3 Å². The van der Waals surface area contributed by atoms with Crippen molar-refractivity contribution in [3.8, 4) is 0 Å². The molecule has 0 aliphatic heterocycles. The van der Waals surface area contributed by atoms with Gasteiger partial charge in [-0.1, -0.05) is 100 Å². The van der Waals surface area contributed by atoms with Gasteiger partial charge in [-0.2, -0.15) is 0 Å². The normalized spacial score (nSPS) is 12.3. The number of nitrogens with zero attached hydrogens (tertiary/aromatic N) is 2. The van der Waals surface area contributed by atoms with E-state index in [-0.39, 0.29) is 23.8 Å². The van der Waals surface area contributed by atoms with Crippen LogP contribution in [0.1, 0.15) is 31.9 Å². The fourth-order valence-electron chi connectivity index (χ4n) is 4.70. The van der Waals surface area contributed by atoms with E-state index < -0.39 is 34.1 Å². The molecule has 0 radical (unpaired) electrons. The van der Waals surface area contributed by atoms with Crippen LogP contribution in [0, 0.1) is 0 Å². The molecule has 4 aromatic carbocycles. The van der Waals surface area contributed by atoms with E-state index in [0.717, 1.165) is 9.87 Å². The molecule has 0 saturated heterocycles. The number of halogens is 2. The molecule has 4 rings (SSSR count). The number of carbonyl (C=O) groups excluding carboxylic acids is 2. The van der Waals surface area contributed by atoms with E-state index >= 15 is 0 Å². The molecular weight excluding hydrogens is 662 g/mol. The molecule has 10 heteroatoms. The standard InChI is InChI=1S/C34H35BrClN3O4S/c1-34(2,3)37-33(41)31(21-25-13-6-4-7-14-25)38(23-26-15-10-11-20-30(26)36)32(40)24-39(28-17-12-16-27(35)22-28)44(42,43)29-18-8-5-9-19-29/h4-20,22,31H,21,23-24H2,1-3H3,(H,37,41)/t31-/m1/s1. The Bertz CT molecular complexity index is 1700. The minimum atomic E-state index is -4.18. The minimum absolute atomic E-state index is 0.00865. The van der Waals surface area contributed by atoms with E-state index in [0.29, 0.717) is 20.7 Å². The Morgan fingerprint density at radius 1 is 0.864 bits per heavy atom. The number of amides is 2. The maximum atomic E-state index is 14.5. The third-order valence-electron chi connectivity index (χ3n) is 6.77. The number of hydrogen-bond acceptors (Lipinski definition) is 4. The van der Waals surface area contributed by atoms with Gasteiger partial charge in [0.2, 0.25) is 11.8 Å². The summed E-state index contributed by atoms with van der Waals surface area (Å²) in [6, 6.07) is 30.2. The second-order valence-corrected chi connectivity index (χ2v) is 14.5. The van der Waals surface area contributed by atoms with Crippen molar-refractivity contribution in [2.45, 2.75) is 50.2 Å². The van der Waals surface area contributed by atoms with Crippen LogP contribution >= 0.6 is 27.5 Å². The van der Waals surface area contributed by atoms with E-state index in [1.165, 1.54) is 17.0 Å². The van der Waals surface area contributed by atoms with Gasteiger partial charge in [-0.25, -0.2) is 8.42 Å². The predicted octanol–water partition coefficient (Wildman–Crippen LogP) is 6.85. The average Bonchev–Trinajstić information content (AvgIpc) is 2.98. The number of hydrogen-bond donors (Lipinski definition) is 1. The molecule has 0 spiro atoms. The summed E-state index contributed by atoms with van der Waals surface area (Å²) < 4.78 is 29.8. The molecule has 1 N–H and O–H groups in total. The Labute approximate surface area is 273 Å². The van der Waals surface area contributed by atoms with Gasteiger partial charge in [0.25, 0.3) is 10.0 Å². The summed E-state index contributed by atoms with van der Waals surface area (Å²) in [5.74, 6) is -0.920. The number of anilines is 1. The first kappa shape index (κ1) is 33.2. The maximum absolute atomic E-state index is 14.5. The van der Waals surface area contributed by atoms with Crippen molar-refractivity contribution in [2.24, 2.45) is 0 Å². The van der Waals surface area contributed by atoms with Gasteiger partial charge in [-0.05, 0) is 68.3 Å². The van der Waals surface area contributed by atoms with Gasteiger partial charge in [-0.3, -0.25) is 13.9 Å². The van der Waals surface area contributed by atoms with Crippen LogP contribution in [-0.2, 0) is 32.6 Å². The molecule has 0 aliphatic carbocycles. The largest absolute Gasteiger partial charge is 0.350 e. The average molecular weight is 697 g/mol. The van der Waals surface area contributed by atoms with Gasteiger partial charge < -0.3 is 10.2 Å². The van der Waals surface area contributed by atoms with Gasteiger partial charge in [-0.15, -0.1) is 0 Å². The van der Waals surface area contributed by atoms with Crippen LogP contribution in [0.15, 0.2) is 119 Å². The van der Waals surface area contributed by atoms with Gasteiger partial charge in [0.15, 0.2) is 0 Å². The Balaban J connectivity index is 1.82. The molecule has 1 atom stereocenters. The lowest BCUT2D eigenvalue weighted by atomic mass is 10.0. The van der Waals surface area contributed by atoms with Gasteiger partial charge in [0, 0.05) is 28.0 Å². The van der Waals surface area contributed by atoms with Crippen LogP contribution in [0.4, 0.5) is 5.69 Å². The summed E-state index contributed by atoms with van der Waals surface area (Å²) in [4.78, 5) is 29.9. The highest BCUT2D eigenvalue weighted by Gasteiger charge is 2.35. The molecule has 0 fully saturated rings. The molecule has 7 nitrogen and oxygen atoms in total. The van der Waals surface area contributed by atoms with E-state index in [1.54, 1.807) is 66.7 Å². The molecule has 2 amide bonds. The first-order valence-electron chi connectivity index (χ1n) is 14.1. The topological polar surface area (TPSA) is 86.8 Å². The summed E-state index contributed by atoms with van der Waals surface area (Å²) >= 11 is 9.97. The first-order chi connectivity index (χ1) is 20.8. The summed E-state index contributed by atoms with van der Waals surface area (Å²) in [5, 5.41) is 3.45. The Morgan fingerprint density at radius 3 is 2.09 bits per heavy atom. The lowest BCUT2D eigenvalue weighted by molar-refractivity contribution is -0.140. The summed E-state index contributed by atoms with van der Waals surface area (Å²) in [6.07, 6.45) is 0.210. The Morgan fingerprint density at radius 2 is 1.48 bits per heavy atom. The van der Waals surface area contributed by atoms with E-state index in [9.17, 15) is 18.0 Å². The molecule has 4 aromatic rings. The van der Waals surface area contributed by atoms with Crippen molar-refractivity contribution in [3.05, 3.63) is 130 Å². The van der Waals surface area contributed by atoms with Crippen molar-refractivity contribution in [2.75, 3.05) is 10.8 Å². The zero-order chi connectivity index (χ0) is 31.9. The fraction of sp³-hybridized carbons (Fsp3) is 0.235. The van der Waals surface area contributed by atoms with Crippen LogP contribution in [0.5, 0.6) is 0 Å². The first-order valence-corrected chi connectivity index (χ1v) is 16.7. The van der Waals surface area contributed by atoms with Crippen LogP contribution in [0.3, 0.4) is 0 Å². The molecule has 0 bridgehead atoms. The van der Waals surface area contributed by atoms with Crippen LogP contribution < -0.4 is 9.62 Å². The van der Waals surface area contributed by atoms with E-state index in [1.807, 2.05) is 51.1 Å². The van der Waals surface area contributed by atoms with Crippen molar-refractivity contribution in [3.63, 3.8) is 0 Å². The maximum Gasteiger partial charge on any atom is 0.264 e. The molecule has 0 aliphatic rings. The number of rotatable bonds is 11. The molecule has 0 unspecified atom stereocenters. The van der Waals surface area contributed by atoms with Crippen LogP contribution in [0.25, 0.3) is 0 Å². The highest BCUT2D eigenvalue weighted by Crippen LogP contribution is 2.28. The number of nitrogens with one attached hydrogen (secondary N) is 1. The Kier molecular flexibility index (Phi) is 10.9. The van der Waals surface area contributed by atoms with E-state index in [2.05, 4.69) is 21.2 Å². The molecule has 44 heavy (non-hydrogen) atoms. The van der Waals surface area contributed by atoms with Crippen molar-refractivity contribution < 1.29 is 18.0 Å². The lowest BCUT2D eigenvalue weighted by Crippen LogP contribution is -2.56. The van der Waals surface area contributed by atoms with Gasteiger partial charge in [0.05, 0.1) is 10.6 Å². The Hall–Kier alpha value is -3.66. The highest BCUT2D eigenvalue weighted by atomic mass is 79.9. The van der Waals surface area contributed by atoms with Crippen molar-refractivity contribution in [1.29, 1.82) is 0 Å². The predicted molar refractivity (Wildman–Crippen MR) is 179 cm³/mol. The zero-order valence-electron chi connectivity index (χ0n) is 24.8. The minimum Gasteiger partial charge on any atom is -0.350 e. The molecule has 0 saturated carbocycles. The number of benzene rings is 4. The summed E-state index contributed by atoms with van der Waals surface area (Å²) in [7, 11) is -4.18. The number of carbonyl (C=O) groups is 2. The second kappa shape index (κ2) is 14.4. The van der Waals surface area contributed by atoms with Crippen LogP contribution in [0.2, 0.25) is 5.02 Å². The lowest BCUT2D eigenvalue weighted by Gasteiger charge is -2.35. The summed E-state index contributed by atoms with van der Waals surface area (Å²) in [6.45, 7) is 5.04. The van der Waals surface area contributed by atoms with Crippen molar-refractivity contribution in [1.82, 2.24) is 10.2 Å². The second-order valence-electron chi connectivity index (χ2n) is 11.4. The SMILES string of the molecule is CC(C)(C)NC(=O)[C@@H](Cc1ccccc1)N(Cc1ccccc1Cl)C(=O)CN(c1cccc(Br)c1)S(=O)(=O)c1ccccc1. The quantitative estimate of drug-likeness (QED) is 0.186. The molecule has 0 heterocycles. The number of sulfonamides is 1. The molecular formula is C34H35BrClN3O4S. The van der Waals surface area contributed by atoms with Gasteiger partial charge >= 0.3 is 0 Å². The smallest absolute Gasteiger partial charge is 0.264 e. The van der Waals surface area contributed by atoms with Crippen molar-refractivity contribution >= 4 is 55.1 Å². The molecule has 0 aromatic heterocycles. The van der Waals surface area contributed by atoms with Gasteiger partial charge in [0.1, 0.15) is 12.6 Å².